The van der Waals surface area contributed by atoms with Gasteiger partial charge in [-0.05, 0) is 25.8 Å². The molecule has 5 heteroatoms. The minimum Gasteiger partial charge on any atom is -0.341 e. The molecule has 0 radical (unpaired) electrons. The highest BCUT2D eigenvalue weighted by Gasteiger charge is 2.21. The molecule has 0 spiro atoms. The van der Waals surface area contributed by atoms with Crippen LogP contribution in [0.5, 0.6) is 0 Å². The van der Waals surface area contributed by atoms with Crippen molar-refractivity contribution in [3.05, 3.63) is 52.8 Å². The molecule has 134 valence electrons. The Bertz CT molecular complexity index is 723. The number of aryl methyl sites for hydroxylation is 2. The van der Waals surface area contributed by atoms with Crippen molar-refractivity contribution < 1.29 is 4.79 Å². The van der Waals surface area contributed by atoms with E-state index >= 15 is 0 Å². The summed E-state index contributed by atoms with van der Waals surface area (Å²) in [4.78, 5) is 17.2. The number of carbonyl (C=O) groups is 1. The largest absolute Gasteiger partial charge is 0.341 e. The Hall–Kier alpha value is -2.14. The van der Waals surface area contributed by atoms with Crippen molar-refractivity contribution in [1.82, 2.24) is 19.6 Å². The van der Waals surface area contributed by atoms with Gasteiger partial charge in [0.25, 0.3) is 0 Å². The molecule has 25 heavy (non-hydrogen) atoms. The van der Waals surface area contributed by atoms with Crippen LogP contribution >= 0.6 is 0 Å². The van der Waals surface area contributed by atoms with Gasteiger partial charge < -0.3 is 4.90 Å². The topological polar surface area (TPSA) is 41.4 Å². The molecule has 3 rings (SSSR count). The van der Waals surface area contributed by atoms with Crippen molar-refractivity contribution in [1.29, 1.82) is 0 Å². The Labute approximate surface area is 150 Å². The minimum absolute atomic E-state index is 0.223. The van der Waals surface area contributed by atoms with Crippen LogP contribution in [-0.2, 0) is 24.8 Å². The lowest BCUT2D eigenvalue weighted by Gasteiger charge is -2.22. The van der Waals surface area contributed by atoms with Gasteiger partial charge in [0.2, 0.25) is 5.91 Å². The summed E-state index contributed by atoms with van der Waals surface area (Å²) in [7, 11) is 1.93. The summed E-state index contributed by atoms with van der Waals surface area (Å²) in [6.07, 6.45) is 1.49. The average Bonchev–Trinajstić information content (AvgIpc) is 2.79. The van der Waals surface area contributed by atoms with Crippen LogP contribution in [0.2, 0.25) is 0 Å². The molecule has 1 amide bonds. The highest BCUT2D eigenvalue weighted by molar-refractivity contribution is 5.79. The van der Waals surface area contributed by atoms with Gasteiger partial charge in [0, 0.05) is 51.0 Å². The molecule has 1 saturated heterocycles. The van der Waals surface area contributed by atoms with E-state index < -0.39 is 0 Å². The van der Waals surface area contributed by atoms with E-state index in [0.29, 0.717) is 6.42 Å². The van der Waals surface area contributed by atoms with Gasteiger partial charge in [-0.3, -0.25) is 14.4 Å². The molecule has 0 atom stereocenters. The molecule has 0 aliphatic carbocycles. The molecular formula is C20H28N4O. The van der Waals surface area contributed by atoms with Gasteiger partial charge in [0.15, 0.2) is 0 Å². The molecule has 1 aromatic carbocycles. The van der Waals surface area contributed by atoms with Crippen molar-refractivity contribution in [2.45, 2.75) is 33.2 Å². The molecule has 1 aromatic heterocycles. The second-order valence-electron chi connectivity index (χ2n) is 6.95. The van der Waals surface area contributed by atoms with Gasteiger partial charge in [-0.25, -0.2) is 0 Å². The Morgan fingerprint density at radius 1 is 1.08 bits per heavy atom. The van der Waals surface area contributed by atoms with E-state index in [9.17, 15) is 4.79 Å². The number of hydrogen-bond donors (Lipinski definition) is 0. The normalized spacial score (nSPS) is 16.0. The highest BCUT2D eigenvalue weighted by Crippen LogP contribution is 2.15. The highest BCUT2D eigenvalue weighted by atomic mass is 16.2. The number of aromatic nitrogens is 2. The van der Waals surface area contributed by atoms with Gasteiger partial charge in [0.1, 0.15) is 0 Å². The van der Waals surface area contributed by atoms with Gasteiger partial charge in [-0.1, -0.05) is 30.3 Å². The molecule has 1 aliphatic heterocycles. The first-order chi connectivity index (χ1) is 12.0. The molecule has 1 aliphatic rings. The maximum atomic E-state index is 12.8. The first kappa shape index (κ1) is 17.7. The Kier molecular flexibility index (Phi) is 5.53. The lowest BCUT2D eigenvalue weighted by Crippen LogP contribution is -2.36. The molecule has 0 bridgehead atoms. The Morgan fingerprint density at radius 2 is 1.84 bits per heavy atom. The lowest BCUT2D eigenvalue weighted by molar-refractivity contribution is -0.130. The van der Waals surface area contributed by atoms with Crippen molar-refractivity contribution >= 4 is 5.91 Å². The number of rotatable bonds is 4. The van der Waals surface area contributed by atoms with E-state index in [2.05, 4.69) is 40.3 Å². The molecule has 1 fully saturated rings. The lowest BCUT2D eigenvalue weighted by atomic mass is 10.1. The standard InChI is InChI=1S/C20H28N4O/c1-16-19(17(2)22(3)21-16)14-20(25)24-11-7-10-23(12-13-24)15-18-8-5-4-6-9-18/h4-6,8-9H,7,10-15H2,1-3H3. The van der Waals surface area contributed by atoms with Crippen LogP contribution in [-0.4, -0.2) is 51.7 Å². The van der Waals surface area contributed by atoms with Crippen LogP contribution in [0.1, 0.15) is 28.9 Å². The zero-order valence-corrected chi connectivity index (χ0v) is 15.5. The predicted molar refractivity (Wildman–Crippen MR) is 99.3 cm³/mol. The zero-order valence-electron chi connectivity index (χ0n) is 15.5. The van der Waals surface area contributed by atoms with Crippen LogP contribution in [0.25, 0.3) is 0 Å². The maximum Gasteiger partial charge on any atom is 0.227 e. The summed E-state index contributed by atoms with van der Waals surface area (Å²) in [5, 5.41) is 4.42. The molecule has 0 unspecified atom stereocenters. The first-order valence-electron chi connectivity index (χ1n) is 9.07. The van der Waals surface area contributed by atoms with E-state index in [1.54, 1.807) is 0 Å². The SMILES string of the molecule is Cc1nn(C)c(C)c1CC(=O)N1CCCN(Cc2ccccc2)CC1. The van der Waals surface area contributed by atoms with Crippen LogP contribution < -0.4 is 0 Å². The van der Waals surface area contributed by atoms with Crippen molar-refractivity contribution in [3.63, 3.8) is 0 Å². The smallest absolute Gasteiger partial charge is 0.227 e. The molecule has 2 aromatic rings. The molecule has 0 saturated carbocycles. The summed E-state index contributed by atoms with van der Waals surface area (Å²) < 4.78 is 1.86. The second kappa shape index (κ2) is 7.83. The second-order valence-corrected chi connectivity index (χ2v) is 6.95. The molecule has 5 nitrogen and oxygen atoms in total. The summed E-state index contributed by atoms with van der Waals surface area (Å²) in [5.74, 6) is 0.223. The fourth-order valence-electron chi connectivity index (χ4n) is 3.56. The van der Waals surface area contributed by atoms with Crippen molar-refractivity contribution in [2.75, 3.05) is 26.2 Å². The third-order valence-corrected chi connectivity index (χ3v) is 5.18. The number of carbonyl (C=O) groups excluding carboxylic acids is 1. The quantitative estimate of drug-likeness (QED) is 0.858. The van der Waals surface area contributed by atoms with E-state index in [1.165, 1.54) is 5.56 Å². The fraction of sp³-hybridized carbons (Fsp3) is 0.500. The van der Waals surface area contributed by atoms with Gasteiger partial charge in [-0.15, -0.1) is 0 Å². The Balaban J connectivity index is 1.58. The van der Waals surface area contributed by atoms with Gasteiger partial charge in [0.05, 0.1) is 12.1 Å². The fourth-order valence-corrected chi connectivity index (χ4v) is 3.56. The summed E-state index contributed by atoms with van der Waals surface area (Å²) in [6.45, 7) is 8.62. The van der Waals surface area contributed by atoms with E-state index in [4.69, 9.17) is 0 Å². The first-order valence-corrected chi connectivity index (χ1v) is 9.07. The van der Waals surface area contributed by atoms with Crippen LogP contribution in [0.15, 0.2) is 30.3 Å². The zero-order chi connectivity index (χ0) is 17.8. The van der Waals surface area contributed by atoms with E-state index in [1.807, 2.05) is 30.5 Å². The number of benzene rings is 1. The number of nitrogens with zero attached hydrogens (tertiary/aromatic N) is 4. The van der Waals surface area contributed by atoms with Crippen molar-refractivity contribution in [2.24, 2.45) is 7.05 Å². The Morgan fingerprint density at radius 3 is 2.52 bits per heavy atom. The van der Waals surface area contributed by atoms with Crippen LogP contribution in [0.3, 0.4) is 0 Å². The van der Waals surface area contributed by atoms with Gasteiger partial charge >= 0.3 is 0 Å². The van der Waals surface area contributed by atoms with Gasteiger partial charge in [-0.2, -0.15) is 5.10 Å². The monoisotopic (exact) mass is 340 g/mol. The summed E-state index contributed by atoms with van der Waals surface area (Å²) >= 11 is 0. The van der Waals surface area contributed by atoms with E-state index in [-0.39, 0.29) is 5.91 Å². The van der Waals surface area contributed by atoms with Crippen LogP contribution in [0, 0.1) is 13.8 Å². The third kappa shape index (κ3) is 4.28. The molecule has 0 N–H and O–H groups in total. The number of amides is 1. The maximum absolute atomic E-state index is 12.8. The third-order valence-electron chi connectivity index (χ3n) is 5.18. The summed E-state index contributed by atoms with van der Waals surface area (Å²) in [6, 6.07) is 10.6. The average molecular weight is 340 g/mol. The molecular weight excluding hydrogens is 312 g/mol. The molecule has 2 heterocycles. The summed E-state index contributed by atoms with van der Waals surface area (Å²) in [5.41, 5.74) is 4.47. The predicted octanol–water partition coefficient (Wildman–Crippen LogP) is 2.31. The minimum atomic E-state index is 0.223. The van der Waals surface area contributed by atoms with Crippen molar-refractivity contribution in [3.8, 4) is 0 Å². The van der Waals surface area contributed by atoms with Crippen LogP contribution in [0.4, 0.5) is 0 Å². The van der Waals surface area contributed by atoms with E-state index in [0.717, 1.165) is 56.1 Å². The number of hydrogen-bond acceptors (Lipinski definition) is 3.